The molecule has 35 heavy (non-hydrogen) atoms. The van der Waals surface area contributed by atoms with Gasteiger partial charge in [0.1, 0.15) is 17.4 Å². The third kappa shape index (κ3) is 5.47. The fourth-order valence-corrected chi connectivity index (χ4v) is 5.28. The molecule has 2 saturated heterocycles. The Kier molecular flexibility index (Phi) is 7.69. The van der Waals surface area contributed by atoms with E-state index in [4.69, 9.17) is 16.3 Å². The number of carbonyl (C=O) groups excluding carboxylic acids is 1. The molecular formula is C21H23ClF3N5O4S. The Hall–Kier alpha value is -2.61. The Labute approximate surface area is 208 Å². The first-order valence-corrected chi connectivity index (χ1v) is 12.0. The van der Waals surface area contributed by atoms with Crippen molar-refractivity contribution in [2.75, 3.05) is 38.5 Å². The van der Waals surface area contributed by atoms with Crippen molar-refractivity contribution in [3.05, 3.63) is 39.7 Å². The maximum atomic E-state index is 14.0. The van der Waals surface area contributed by atoms with E-state index < -0.39 is 58.1 Å². The molecule has 2 amide bonds. The molecule has 2 aromatic rings. The molecule has 4 rings (SSSR count). The van der Waals surface area contributed by atoms with E-state index in [0.29, 0.717) is 36.2 Å². The number of fused-ring (bicyclic) bond motifs is 2. The fourth-order valence-electron chi connectivity index (χ4n) is 4.38. The lowest BCUT2D eigenvalue weighted by atomic mass is 10.2. The minimum absolute atomic E-state index is 0.117. The molecule has 190 valence electrons. The lowest BCUT2D eigenvalue weighted by Crippen LogP contribution is -2.45. The van der Waals surface area contributed by atoms with Gasteiger partial charge in [0.25, 0.3) is 0 Å². The van der Waals surface area contributed by atoms with Crippen LogP contribution in [-0.2, 0) is 6.61 Å². The molecule has 1 aromatic heterocycles. The summed E-state index contributed by atoms with van der Waals surface area (Å²) in [5, 5.41) is 13.8. The largest absolute Gasteiger partial charge is 0.477 e. The number of halogens is 4. The third-order valence-electron chi connectivity index (χ3n) is 6.20. The standard InChI is InChI=1S/C21H23ClF3N5O4S/c1-29-7-11-5-10(29)8-30(11)4-2-3-26-21(33)27-19-15(20(31)32)18(28-35-19)34-9-12-14(23)6-13(22)17(25)16(12)24/h6,10-11H,2-5,7-9H2,1H3,(H,31,32)(H2,26,27,33). The van der Waals surface area contributed by atoms with Crippen LogP contribution in [0.4, 0.5) is 23.0 Å². The highest BCUT2D eigenvalue weighted by Crippen LogP contribution is 2.32. The lowest BCUT2D eigenvalue weighted by Gasteiger charge is -2.31. The van der Waals surface area contributed by atoms with Gasteiger partial charge in [0.2, 0.25) is 5.88 Å². The SMILES string of the molecule is CN1CC2CC1CN2CCCNC(=O)Nc1snc(OCc2c(F)cc(Cl)c(F)c2F)c1C(=O)O. The molecule has 0 saturated carbocycles. The van der Waals surface area contributed by atoms with E-state index in [-0.39, 0.29) is 5.00 Å². The predicted molar refractivity (Wildman–Crippen MR) is 123 cm³/mol. The van der Waals surface area contributed by atoms with E-state index in [2.05, 4.69) is 31.9 Å². The van der Waals surface area contributed by atoms with Crippen molar-refractivity contribution in [1.82, 2.24) is 19.5 Å². The van der Waals surface area contributed by atoms with Crippen LogP contribution < -0.4 is 15.4 Å². The maximum Gasteiger partial charge on any atom is 0.344 e. The number of amides is 2. The smallest absolute Gasteiger partial charge is 0.344 e. The molecule has 0 radical (unpaired) electrons. The number of piperazine rings is 1. The van der Waals surface area contributed by atoms with Crippen LogP contribution in [0.3, 0.4) is 0 Å². The number of likely N-dealkylation sites (tertiary alicyclic amines) is 2. The van der Waals surface area contributed by atoms with E-state index >= 15 is 0 Å². The Bertz CT molecular complexity index is 1130. The topological polar surface area (TPSA) is 107 Å². The first-order chi connectivity index (χ1) is 16.7. The normalized spacial score (nSPS) is 19.8. The van der Waals surface area contributed by atoms with Gasteiger partial charge in [-0.1, -0.05) is 11.6 Å². The van der Waals surface area contributed by atoms with Crippen LogP contribution in [0.2, 0.25) is 5.02 Å². The number of ether oxygens (including phenoxy) is 1. The van der Waals surface area contributed by atoms with Gasteiger partial charge in [-0.2, -0.15) is 4.37 Å². The molecule has 0 spiro atoms. The number of nitrogens with one attached hydrogen (secondary N) is 2. The first kappa shape index (κ1) is 25.5. The van der Waals surface area contributed by atoms with Crippen molar-refractivity contribution < 1.29 is 32.6 Å². The summed E-state index contributed by atoms with van der Waals surface area (Å²) < 4.78 is 50.5. The zero-order valence-electron chi connectivity index (χ0n) is 18.6. The van der Waals surface area contributed by atoms with E-state index in [9.17, 15) is 27.9 Å². The van der Waals surface area contributed by atoms with Crippen LogP contribution in [0.15, 0.2) is 6.07 Å². The molecule has 2 atom stereocenters. The molecule has 2 bridgehead atoms. The summed E-state index contributed by atoms with van der Waals surface area (Å²) >= 11 is 6.02. The molecular weight excluding hydrogens is 511 g/mol. The number of carbonyl (C=O) groups is 2. The molecule has 9 nitrogen and oxygen atoms in total. The Balaban J connectivity index is 1.30. The first-order valence-electron chi connectivity index (χ1n) is 10.8. The summed E-state index contributed by atoms with van der Waals surface area (Å²) in [7, 11) is 2.13. The quantitative estimate of drug-likeness (QED) is 0.258. The Morgan fingerprint density at radius 3 is 2.71 bits per heavy atom. The van der Waals surface area contributed by atoms with Crippen molar-refractivity contribution in [3.8, 4) is 5.88 Å². The van der Waals surface area contributed by atoms with E-state index in [1.165, 1.54) is 6.42 Å². The number of carboxylic acid groups (broad SMARTS) is 1. The molecule has 3 heterocycles. The van der Waals surface area contributed by atoms with Gasteiger partial charge in [0.05, 0.1) is 10.6 Å². The number of hydrogen-bond acceptors (Lipinski definition) is 7. The highest BCUT2D eigenvalue weighted by Gasteiger charge is 2.40. The number of aromatic carboxylic acids is 1. The number of hydrogen-bond donors (Lipinski definition) is 3. The number of urea groups is 1. The Morgan fingerprint density at radius 1 is 1.29 bits per heavy atom. The molecule has 2 unspecified atom stereocenters. The molecule has 2 fully saturated rings. The maximum absolute atomic E-state index is 14.0. The average molecular weight is 534 g/mol. The molecule has 14 heteroatoms. The van der Waals surface area contributed by atoms with E-state index in [0.717, 1.165) is 26.1 Å². The van der Waals surface area contributed by atoms with Crippen LogP contribution in [0.25, 0.3) is 0 Å². The minimum Gasteiger partial charge on any atom is -0.477 e. The number of carboxylic acids is 1. The Morgan fingerprint density at radius 2 is 2.06 bits per heavy atom. The molecule has 0 aliphatic carbocycles. The number of benzene rings is 1. The zero-order valence-corrected chi connectivity index (χ0v) is 20.2. The van der Waals surface area contributed by atoms with E-state index in [1.807, 2.05) is 0 Å². The van der Waals surface area contributed by atoms with Gasteiger partial charge >= 0.3 is 12.0 Å². The van der Waals surface area contributed by atoms with Crippen LogP contribution in [0.1, 0.15) is 28.8 Å². The molecule has 3 N–H and O–H groups in total. The van der Waals surface area contributed by atoms with Crippen molar-refractivity contribution in [2.24, 2.45) is 0 Å². The van der Waals surface area contributed by atoms with Crippen LogP contribution in [-0.4, -0.2) is 76.6 Å². The number of nitrogens with zero attached hydrogens (tertiary/aromatic N) is 3. The fraction of sp³-hybridized carbons (Fsp3) is 0.476. The minimum atomic E-state index is -1.55. The summed E-state index contributed by atoms with van der Waals surface area (Å²) in [5.74, 6) is -6.10. The average Bonchev–Trinajstić information content (AvgIpc) is 3.49. The summed E-state index contributed by atoms with van der Waals surface area (Å²) in [6.07, 6.45) is 1.91. The van der Waals surface area contributed by atoms with Gasteiger partial charge in [0, 0.05) is 38.3 Å². The summed E-state index contributed by atoms with van der Waals surface area (Å²) in [6, 6.07) is 1.11. The number of likely N-dealkylation sites (N-methyl/N-ethyl adjacent to an activating group) is 1. The van der Waals surface area contributed by atoms with Crippen molar-refractivity contribution in [1.29, 1.82) is 0 Å². The number of anilines is 1. The van der Waals surface area contributed by atoms with Crippen LogP contribution in [0, 0.1) is 17.5 Å². The second-order valence-corrected chi connectivity index (χ2v) is 9.63. The van der Waals surface area contributed by atoms with Gasteiger partial charge in [0.15, 0.2) is 17.2 Å². The second-order valence-electron chi connectivity index (χ2n) is 8.44. The second kappa shape index (κ2) is 10.6. The van der Waals surface area contributed by atoms with Crippen molar-refractivity contribution >= 4 is 40.1 Å². The predicted octanol–water partition coefficient (Wildman–Crippen LogP) is 3.39. The zero-order chi connectivity index (χ0) is 25.3. The van der Waals surface area contributed by atoms with Crippen LogP contribution >= 0.6 is 23.1 Å². The van der Waals surface area contributed by atoms with Gasteiger partial charge in [-0.05, 0) is 37.5 Å². The number of rotatable bonds is 9. The van der Waals surface area contributed by atoms with Crippen LogP contribution in [0.5, 0.6) is 5.88 Å². The highest BCUT2D eigenvalue weighted by atomic mass is 35.5. The van der Waals surface area contributed by atoms with Gasteiger partial charge < -0.3 is 20.1 Å². The number of aromatic nitrogens is 1. The highest BCUT2D eigenvalue weighted by molar-refractivity contribution is 7.11. The lowest BCUT2D eigenvalue weighted by molar-refractivity contribution is 0.0693. The summed E-state index contributed by atoms with van der Waals surface area (Å²) in [5.41, 5.74) is -1.26. The summed E-state index contributed by atoms with van der Waals surface area (Å²) in [6.45, 7) is 2.48. The molecule has 2 aliphatic heterocycles. The van der Waals surface area contributed by atoms with Gasteiger partial charge in [-0.15, -0.1) is 0 Å². The molecule has 1 aromatic carbocycles. The molecule has 2 aliphatic rings. The van der Waals surface area contributed by atoms with Gasteiger partial charge in [-0.25, -0.2) is 22.8 Å². The van der Waals surface area contributed by atoms with E-state index in [1.54, 1.807) is 0 Å². The summed E-state index contributed by atoms with van der Waals surface area (Å²) in [4.78, 5) is 28.7. The third-order valence-corrected chi connectivity index (χ3v) is 7.22. The van der Waals surface area contributed by atoms with Crippen molar-refractivity contribution in [2.45, 2.75) is 31.5 Å². The monoisotopic (exact) mass is 533 g/mol. The van der Waals surface area contributed by atoms with Crippen molar-refractivity contribution in [3.63, 3.8) is 0 Å². The van der Waals surface area contributed by atoms with Gasteiger partial charge in [-0.3, -0.25) is 10.2 Å².